The summed E-state index contributed by atoms with van der Waals surface area (Å²) in [5, 5.41) is 4.97. The molecule has 1 N–H and O–H groups in total. The number of thiophene rings is 1. The van der Waals surface area contributed by atoms with Crippen LogP contribution in [0.4, 0.5) is 5.82 Å². The van der Waals surface area contributed by atoms with Crippen molar-refractivity contribution in [3.05, 3.63) is 40.4 Å². The van der Waals surface area contributed by atoms with Crippen molar-refractivity contribution in [1.29, 1.82) is 0 Å². The average Bonchev–Trinajstić information content (AvgIpc) is 3.44. The molecule has 0 amide bonds. The van der Waals surface area contributed by atoms with E-state index in [-0.39, 0.29) is 0 Å². The molecule has 154 valence electrons. The molecule has 6 nitrogen and oxygen atoms in total. The van der Waals surface area contributed by atoms with Gasteiger partial charge in [-0.05, 0) is 50.3 Å². The number of fused-ring (bicyclic) bond motifs is 3. The SMILES string of the molecule is C[C@H](CCc1ccco1)Nc1nc(CN2CCOCC2)nc2sc3c(c12)CCC3. The van der Waals surface area contributed by atoms with Crippen molar-refractivity contribution in [3.63, 3.8) is 0 Å². The molecule has 7 heteroatoms. The summed E-state index contributed by atoms with van der Waals surface area (Å²) in [4.78, 5) is 15.0. The van der Waals surface area contributed by atoms with E-state index in [0.29, 0.717) is 6.04 Å². The summed E-state index contributed by atoms with van der Waals surface area (Å²) in [5.74, 6) is 2.97. The van der Waals surface area contributed by atoms with Gasteiger partial charge < -0.3 is 14.5 Å². The molecular weight excluding hydrogens is 384 g/mol. The van der Waals surface area contributed by atoms with Gasteiger partial charge in [0.25, 0.3) is 0 Å². The summed E-state index contributed by atoms with van der Waals surface area (Å²) in [6.45, 7) is 6.51. The first kappa shape index (κ1) is 19.0. The van der Waals surface area contributed by atoms with Gasteiger partial charge in [-0.3, -0.25) is 4.90 Å². The van der Waals surface area contributed by atoms with Crippen LogP contribution in [0.15, 0.2) is 22.8 Å². The minimum atomic E-state index is 0.311. The highest BCUT2D eigenvalue weighted by molar-refractivity contribution is 7.19. The van der Waals surface area contributed by atoms with Crippen molar-refractivity contribution < 1.29 is 9.15 Å². The molecule has 0 spiro atoms. The van der Waals surface area contributed by atoms with Crippen molar-refractivity contribution in [2.45, 2.75) is 51.6 Å². The summed E-state index contributed by atoms with van der Waals surface area (Å²) >= 11 is 1.87. The lowest BCUT2D eigenvalue weighted by Gasteiger charge is -2.26. The first-order valence-electron chi connectivity index (χ1n) is 10.7. The van der Waals surface area contributed by atoms with E-state index in [1.54, 1.807) is 6.26 Å². The second-order valence-corrected chi connectivity index (χ2v) is 9.16. The van der Waals surface area contributed by atoms with Gasteiger partial charge in [0.2, 0.25) is 0 Å². The molecule has 2 aliphatic rings. The van der Waals surface area contributed by atoms with E-state index in [2.05, 4.69) is 17.1 Å². The van der Waals surface area contributed by atoms with Gasteiger partial charge in [-0.25, -0.2) is 9.97 Å². The number of anilines is 1. The molecule has 0 unspecified atom stereocenters. The van der Waals surface area contributed by atoms with Gasteiger partial charge in [0.15, 0.2) is 0 Å². The molecule has 5 rings (SSSR count). The van der Waals surface area contributed by atoms with Gasteiger partial charge in [0.05, 0.1) is 31.4 Å². The maximum absolute atomic E-state index is 5.49. The predicted octanol–water partition coefficient (Wildman–Crippen LogP) is 4.04. The highest BCUT2D eigenvalue weighted by Gasteiger charge is 2.24. The third kappa shape index (κ3) is 4.17. The van der Waals surface area contributed by atoms with Gasteiger partial charge in [0.1, 0.15) is 22.2 Å². The monoisotopic (exact) mass is 412 g/mol. The highest BCUT2D eigenvalue weighted by atomic mass is 32.1. The Morgan fingerprint density at radius 1 is 1.24 bits per heavy atom. The molecule has 0 saturated carbocycles. The van der Waals surface area contributed by atoms with E-state index in [1.807, 2.05) is 23.5 Å². The van der Waals surface area contributed by atoms with Crippen LogP contribution in [0, 0.1) is 0 Å². The van der Waals surface area contributed by atoms with E-state index >= 15 is 0 Å². The Balaban J connectivity index is 1.39. The third-order valence-corrected chi connectivity index (χ3v) is 7.05. The lowest BCUT2D eigenvalue weighted by Crippen LogP contribution is -2.36. The molecule has 1 aliphatic heterocycles. The molecule has 1 aliphatic carbocycles. The third-order valence-electron chi connectivity index (χ3n) is 5.87. The zero-order valence-corrected chi connectivity index (χ0v) is 17.8. The predicted molar refractivity (Wildman–Crippen MR) is 116 cm³/mol. The second kappa shape index (κ2) is 8.42. The Morgan fingerprint density at radius 3 is 2.97 bits per heavy atom. The normalized spacial score (nSPS) is 18.2. The second-order valence-electron chi connectivity index (χ2n) is 8.08. The van der Waals surface area contributed by atoms with Crippen molar-refractivity contribution in [1.82, 2.24) is 14.9 Å². The van der Waals surface area contributed by atoms with E-state index in [0.717, 1.165) is 74.3 Å². The van der Waals surface area contributed by atoms with Crippen LogP contribution in [-0.2, 0) is 30.5 Å². The molecule has 29 heavy (non-hydrogen) atoms. The topological polar surface area (TPSA) is 63.4 Å². The lowest BCUT2D eigenvalue weighted by molar-refractivity contribution is 0.0331. The van der Waals surface area contributed by atoms with Crippen LogP contribution in [0.25, 0.3) is 10.2 Å². The van der Waals surface area contributed by atoms with Crippen molar-refractivity contribution in [2.75, 3.05) is 31.6 Å². The first-order valence-corrected chi connectivity index (χ1v) is 11.5. The molecule has 4 heterocycles. The largest absolute Gasteiger partial charge is 0.469 e. The van der Waals surface area contributed by atoms with Crippen LogP contribution in [0.5, 0.6) is 0 Å². The summed E-state index contributed by atoms with van der Waals surface area (Å²) in [5.41, 5.74) is 1.48. The van der Waals surface area contributed by atoms with E-state index < -0.39 is 0 Å². The lowest BCUT2D eigenvalue weighted by atomic mass is 10.1. The van der Waals surface area contributed by atoms with Crippen LogP contribution in [0.1, 0.15) is 41.8 Å². The van der Waals surface area contributed by atoms with Crippen LogP contribution < -0.4 is 5.32 Å². The minimum Gasteiger partial charge on any atom is -0.469 e. The average molecular weight is 413 g/mol. The molecule has 1 saturated heterocycles. The van der Waals surface area contributed by atoms with Gasteiger partial charge >= 0.3 is 0 Å². The molecule has 0 bridgehead atoms. The number of rotatable bonds is 7. The Hall–Kier alpha value is -1.96. The maximum atomic E-state index is 5.49. The van der Waals surface area contributed by atoms with Crippen molar-refractivity contribution >= 4 is 27.4 Å². The molecule has 0 aromatic carbocycles. The van der Waals surface area contributed by atoms with Gasteiger partial charge in [-0.15, -0.1) is 11.3 Å². The number of hydrogen-bond acceptors (Lipinski definition) is 7. The number of furan rings is 1. The maximum Gasteiger partial charge on any atom is 0.146 e. The van der Waals surface area contributed by atoms with E-state index in [9.17, 15) is 0 Å². The summed E-state index contributed by atoms with van der Waals surface area (Å²) < 4.78 is 11.0. The van der Waals surface area contributed by atoms with E-state index in [1.165, 1.54) is 28.7 Å². The Bertz CT molecular complexity index is 963. The van der Waals surface area contributed by atoms with Crippen LogP contribution in [-0.4, -0.2) is 47.2 Å². The molecule has 3 aromatic rings. The first-order chi connectivity index (χ1) is 14.3. The summed E-state index contributed by atoms with van der Waals surface area (Å²) in [7, 11) is 0. The number of hydrogen-bond donors (Lipinski definition) is 1. The zero-order valence-electron chi connectivity index (χ0n) is 16.9. The Labute approximate surface area is 175 Å². The van der Waals surface area contributed by atoms with Crippen LogP contribution in [0.3, 0.4) is 0 Å². The van der Waals surface area contributed by atoms with Gasteiger partial charge in [-0.1, -0.05) is 0 Å². The molecule has 1 atom stereocenters. The summed E-state index contributed by atoms with van der Waals surface area (Å²) in [6, 6.07) is 4.31. The van der Waals surface area contributed by atoms with Crippen molar-refractivity contribution in [3.8, 4) is 0 Å². The minimum absolute atomic E-state index is 0.311. The highest BCUT2D eigenvalue weighted by Crippen LogP contribution is 2.39. The van der Waals surface area contributed by atoms with Gasteiger partial charge in [-0.2, -0.15) is 0 Å². The fraction of sp³-hybridized carbons (Fsp3) is 0.545. The number of nitrogens with one attached hydrogen (secondary N) is 1. The van der Waals surface area contributed by atoms with Crippen LogP contribution in [0.2, 0.25) is 0 Å². The number of nitrogens with zero attached hydrogens (tertiary/aromatic N) is 3. The fourth-order valence-electron chi connectivity index (χ4n) is 4.29. The molecule has 3 aromatic heterocycles. The van der Waals surface area contributed by atoms with Crippen LogP contribution >= 0.6 is 11.3 Å². The standard InChI is InChI=1S/C22H28N4O2S/c1-15(7-8-16-4-3-11-28-16)23-21-20-17-5-2-6-18(17)29-22(20)25-19(24-21)14-26-9-12-27-13-10-26/h3-4,11,15H,2,5-10,12-14H2,1H3,(H,23,24,25)/t15-/m1/s1. The smallest absolute Gasteiger partial charge is 0.146 e. The number of morpholine rings is 1. The molecule has 1 fully saturated rings. The molecular formula is C22H28N4O2S. The van der Waals surface area contributed by atoms with Crippen molar-refractivity contribution in [2.24, 2.45) is 0 Å². The van der Waals surface area contributed by atoms with Gasteiger partial charge in [0, 0.05) is 30.4 Å². The molecule has 0 radical (unpaired) electrons. The number of ether oxygens (including phenoxy) is 1. The Kier molecular flexibility index (Phi) is 5.52. The van der Waals surface area contributed by atoms with E-state index in [4.69, 9.17) is 19.1 Å². The number of aromatic nitrogens is 2. The fourth-order valence-corrected chi connectivity index (χ4v) is 5.57. The number of aryl methyl sites for hydroxylation is 3. The Morgan fingerprint density at radius 2 is 2.14 bits per heavy atom. The summed E-state index contributed by atoms with van der Waals surface area (Å²) in [6.07, 6.45) is 7.26. The quantitative estimate of drug-likeness (QED) is 0.632. The zero-order chi connectivity index (χ0) is 19.6.